The van der Waals surface area contributed by atoms with Crippen molar-refractivity contribution in [2.45, 2.75) is 206 Å². The van der Waals surface area contributed by atoms with Crippen LogP contribution in [0.25, 0.3) is 0 Å². The highest BCUT2D eigenvalue weighted by atomic mass is 31.2. The fourth-order valence-electron chi connectivity index (χ4n) is 5.64. The Kier molecular flexibility index (Phi) is 34.6. The molecule has 3 N–H and O–H groups in total. The van der Waals surface area contributed by atoms with Gasteiger partial charge < -0.3 is 24.6 Å². The summed E-state index contributed by atoms with van der Waals surface area (Å²) < 4.78 is 32.6. The Morgan fingerprint density at radius 2 is 0.878 bits per heavy atom. The average Bonchev–Trinajstić information content (AvgIpc) is 3.09. The second-order valence-electron chi connectivity index (χ2n) is 13.7. The van der Waals surface area contributed by atoms with Gasteiger partial charge in [-0.15, -0.1) is 0 Å². The number of hydrogen-bond donors (Lipinski definition) is 3. The van der Waals surface area contributed by atoms with Gasteiger partial charge in [0.2, 0.25) is 0 Å². The van der Waals surface area contributed by atoms with Crippen LogP contribution in [0.2, 0.25) is 0 Å². The van der Waals surface area contributed by atoms with Crippen molar-refractivity contribution in [2.75, 3.05) is 26.4 Å². The Labute approximate surface area is 299 Å². The highest BCUT2D eigenvalue weighted by Crippen LogP contribution is 2.43. The van der Waals surface area contributed by atoms with E-state index in [2.05, 4.69) is 18.4 Å². The summed E-state index contributed by atoms with van der Waals surface area (Å²) in [4.78, 5) is 34.8. The van der Waals surface area contributed by atoms with E-state index in [0.717, 1.165) is 38.5 Å². The van der Waals surface area contributed by atoms with Gasteiger partial charge in [0.05, 0.1) is 19.8 Å². The van der Waals surface area contributed by atoms with Crippen molar-refractivity contribution in [2.24, 2.45) is 0 Å². The predicted octanol–water partition coefficient (Wildman–Crippen LogP) is 9.89. The molecule has 0 aliphatic carbocycles. The van der Waals surface area contributed by atoms with Crippen LogP contribution < -0.4 is 0 Å². The van der Waals surface area contributed by atoms with Gasteiger partial charge in [0.1, 0.15) is 12.7 Å². The van der Waals surface area contributed by atoms with Crippen LogP contribution in [0.1, 0.15) is 194 Å². The lowest BCUT2D eigenvalue weighted by Gasteiger charge is -2.20. The molecule has 0 aliphatic heterocycles. The molecule has 0 aliphatic rings. The molecular formula is C38H75O10P. The largest absolute Gasteiger partial charge is 0.472 e. The van der Waals surface area contributed by atoms with E-state index in [-0.39, 0.29) is 19.4 Å². The van der Waals surface area contributed by atoms with Crippen LogP contribution >= 0.6 is 7.82 Å². The SMILES string of the molecule is CCCCCCCCCCCCCCCC(=O)OC[C@H](COP(=O)(O)OC[C@H](O)CO)OC(=O)CCCCCCCCCCCCCCC. The number of aliphatic hydroxyl groups is 2. The standard InChI is InChI=1S/C38H75O10P/c1-3-5-7-9-11-13-15-17-19-21-23-25-27-29-37(41)45-33-36(34-47-49(43,44)46-32-35(40)31-39)48-38(42)30-28-26-24-22-20-18-16-14-12-10-8-6-4-2/h35-36,39-40H,3-34H2,1-2H3,(H,43,44)/t35-,36-/m1/s1. The van der Waals surface area contributed by atoms with Crippen molar-refractivity contribution < 1.29 is 47.8 Å². The first-order chi connectivity index (χ1) is 23.7. The molecule has 49 heavy (non-hydrogen) atoms. The van der Waals surface area contributed by atoms with Crippen molar-refractivity contribution in [3.63, 3.8) is 0 Å². The zero-order valence-electron chi connectivity index (χ0n) is 31.4. The normalized spacial score (nSPS) is 14.0. The Morgan fingerprint density at radius 1 is 0.531 bits per heavy atom. The predicted molar refractivity (Wildman–Crippen MR) is 196 cm³/mol. The number of rotatable bonds is 38. The minimum atomic E-state index is -4.60. The fourth-order valence-corrected chi connectivity index (χ4v) is 6.43. The van der Waals surface area contributed by atoms with Gasteiger partial charge in [-0.25, -0.2) is 4.57 Å². The molecule has 0 aromatic rings. The fraction of sp³-hybridized carbons (Fsp3) is 0.947. The molecule has 0 rings (SSSR count). The van der Waals surface area contributed by atoms with Gasteiger partial charge in [-0.3, -0.25) is 18.6 Å². The second-order valence-corrected chi connectivity index (χ2v) is 15.1. The molecule has 0 radical (unpaired) electrons. The smallest absolute Gasteiger partial charge is 0.462 e. The molecule has 0 aromatic heterocycles. The number of hydrogen-bond acceptors (Lipinski definition) is 9. The molecule has 0 saturated heterocycles. The summed E-state index contributed by atoms with van der Waals surface area (Å²) in [6.07, 6.45) is 29.2. The van der Waals surface area contributed by atoms with Crippen LogP contribution in [0.3, 0.4) is 0 Å². The van der Waals surface area contributed by atoms with Crippen LogP contribution in [0, 0.1) is 0 Å². The van der Waals surface area contributed by atoms with Gasteiger partial charge in [0.25, 0.3) is 0 Å². The van der Waals surface area contributed by atoms with Gasteiger partial charge in [-0.05, 0) is 12.8 Å². The van der Waals surface area contributed by atoms with Crippen LogP contribution in [0.15, 0.2) is 0 Å². The number of phosphoric acid groups is 1. The van der Waals surface area contributed by atoms with E-state index < -0.39 is 51.8 Å². The van der Waals surface area contributed by atoms with E-state index in [1.807, 2.05) is 0 Å². The maximum Gasteiger partial charge on any atom is 0.472 e. The maximum absolute atomic E-state index is 12.5. The summed E-state index contributed by atoms with van der Waals surface area (Å²) in [6.45, 7) is 2.39. The minimum Gasteiger partial charge on any atom is -0.462 e. The Hall–Kier alpha value is -1.03. The molecule has 0 saturated carbocycles. The summed E-state index contributed by atoms with van der Waals surface area (Å²) >= 11 is 0. The summed E-state index contributed by atoms with van der Waals surface area (Å²) in [6, 6.07) is 0. The van der Waals surface area contributed by atoms with Crippen molar-refractivity contribution >= 4 is 19.8 Å². The van der Waals surface area contributed by atoms with E-state index in [1.165, 1.54) is 116 Å². The molecular weight excluding hydrogens is 647 g/mol. The molecule has 0 amide bonds. The monoisotopic (exact) mass is 723 g/mol. The zero-order chi connectivity index (χ0) is 36.3. The van der Waals surface area contributed by atoms with Gasteiger partial charge in [-0.1, -0.05) is 168 Å². The third-order valence-electron chi connectivity index (χ3n) is 8.76. The van der Waals surface area contributed by atoms with E-state index in [9.17, 15) is 24.2 Å². The van der Waals surface area contributed by atoms with Crippen molar-refractivity contribution in [1.29, 1.82) is 0 Å². The van der Waals surface area contributed by atoms with Crippen LogP contribution in [-0.2, 0) is 32.7 Å². The second kappa shape index (κ2) is 35.4. The summed E-state index contributed by atoms with van der Waals surface area (Å²) in [7, 11) is -4.60. The highest BCUT2D eigenvalue weighted by molar-refractivity contribution is 7.47. The number of esters is 2. The zero-order valence-corrected chi connectivity index (χ0v) is 32.3. The first-order valence-electron chi connectivity index (χ1n) is 20.0. The van der Waals surface area contributed by atoms with E-state index in [4.69, 9.17) is 19.1 Å². The molecule has 0 heterocycles. The molecule has 0 aromatic carbocycles. The van der Waals surface area contributed by atoms with Crippen LogP contribution in [0.4, 0.5) is 0 Å². The molecule has 11 heteroatoms. The number of unbranched alkanes of at least 4 members (excludes halogenated alkanes) is 24. The topological polar surface area (TPSA) is 149 Å². The molecule has 292 valence electrons. The Morgan fingerprint density at radius 3 is 1.27 bits per heavy atom. The molecule has 10 nitrogen and oxygen atoms in total. The molecule has 3 atom stereocenters. The van der Waals surface area contributed by atoms with Crippen molar-refractivity contribution in [3.8, 4) is 0 Å². The molecule has 1 unspecified atom stereocenters. The van der Waals surface area contributed by atoms with Gasteiger partial charge in [0.15, 0.2) is 6.10 Å². The lowest BCUT2D eigenvalue weighted by Crippen LogP contribution is -2.29. The van der Waals surface area contributed by atoms with Gasteiger partial charge in [-0.2, -0.15) is 0 Å². The quantitative estimate of drug-likeness (QED) is 0.0319. The first-order valence-corrected chi connectivity index (χ1v) is 21.5. The van der Waals surface area contributed by atoms with Crippen molar-refractivity contribution in [1.82, 2.24) is 0 Å². The number of phosphoric ester groups is 1. The minimum absolute atomic E-state index is 0.192. The number of carbonyl (C=O) groups is 2. The molecule has 0 bridgehead atoms. The van der Waals surface area contributed by atoms with Crippen LogP contribution in [-0.4, -0.2) is 65.7 Å². The maximum atomic E-state index is 12.5. The molecule has 0 spiro atoms. The third kappa shape index (κ3) is 35.2. The lowest BCUT2D eigenvalue weighted by atomic mass is 10.0. The third-order valence-corrected chi connectivity index (χ3v) is 9.71. The highest BCUT2D eigenvalue weighted by Gasteiger charge is 2.27. The average molecular weight is 723 g/mol. The molecule has 0 fully saturated rings. The van der Waals surface area contributed by atoms with Gasteiger partial charge in [0, 0.05) is 12.8 Å². The van der Waals surface area contributed by atoms with Gasteiger partial charge >= 0.3 is 19.8 Å². The van der Waals surface area contributed by atoms with E-state index in [1.54, 1.807) is 0 Å². The summed E-state index contributed by atoms with van der Waals surface area (Å²) in [5.41, 5.74) is 0. The number of aliphatic hydroxyl groups excluding tert-OH is 2. The lowest BCUT2D eigenvalue weighted by molar-refractivity contribution is -0.161. The van der Waals surface area contributed by atoms with Crippen molar-refractivity contribution in [3.05, 3.63) is 0 Å². The van der Waals surface area contributed by atoms with Crippen LogP contribution in [0.5, 0.6) is 0 Å². The number of carbonyl (C=O) groups excluding carboxylic acids is 2. The first kappa shape index (κ1) is 48.0. The number of ether oxygens (including phenoxy) is 2. The Bertz CT molecular complexity index is 796. The van der Waals surface area contributed by atoms with E-state index >= 15 is 0 Å². The Balaban J connectivity index is 4.31. The summed E-state index contributed by atoms with van der Waals surface area (Å²) in [5.74, 6) is -0.913. The van der Waals surface area contributed by atoms with E-state index in [0.29, 0.717) is 12.8 Å². The summed E-state index contributed by atoms with van der Waals surface area (Å²) in [5, 5.41) is 18.3.